The molecule has 0 saturated heterocycles. The number of nitro benzene ring substituents is 1. The fourth-order valence-corrected chi connectivity index (χ4v) is 2.73. The van der Waals surface area contributed by atoms with Gasteiger partial charge in [-0.15, -0.1) is 0 Å². The van der Waals surface area contributed by atoms with Crippen molar-refractivity contribution in [1.29, 1.82) is 0 Å². The van der Waals surface area contributed by atoms with E-state index < -0.39 is 82.9 Å². The first-order valence-electron chi connectivity index (χ1n) is 6.62. The average Bonchev–Trinajstić information content (AvgIpc) is 3.01. The number of aromatic nitrogens is 4. The van der Waals surface area contributed by atoms with Crippen LogP contribution >= 0.6 is 0 Å². The molecule has 3 rings (SSSR count). The Balaban J connectivity index is 2.89. The fourth-order valence-electron chi connectivity index (χ4n) is 2.73. The molecule has 150 valence electrons. The van der Waals surface area contributed by atoms with Gasteiger partial charge in [-0.3, -0.25) is 10.1 Å². The molecule has 0 radical (unpaired) electrons. The molecular formula is C8HN9O12. The first kappa shape index (κ1) is 18.5. The van der Waals surface area contributed by atoms with Crippen LogP contribution in [0.5, 0.6) is 0 Å². The van der Waals surface area contributed by atoms with Gasteiger partial charge >= 0.3 is 17.1 Å². The monoisotopic (exact) mass is 415 g/mol. The molecule has 2 heterocycles. The summed E-state index contributed by atoms with van der Waals surface area (Å²) in [5.74, 6) is 0. The van der Waals surface area contributed by atoms with Crippen molar-refractivity contribution in [2.45, 2.75) is 0 Å². The Hall–Kier alpha value is -5.24. The van der Waals surface area contributed by atoms with Crippen LogP contribution in [0.25, 0.3) is 22.1 Å². The summed E-state index contributed by atoms with van der Waals surface area (Å²) in [5.41, 5.74) is -10.9. The predicted molar refractivity (Wildman–Crippen MR) is 82.2 cm³/mol. The molecule has 2 aromatic heterocycles. The van der Waals surface area contributed by atoms with E-state index in [9.17, 15) is 60.2 Å². The van der Waals surface area contributed by atoms with Crippen LogP contribution in [0.2, 0.25) is 0 Å². The lowest BCUT2D eigenvalue weighted by Crippen LogP contribution is -2.32. The molecular weight excluding hydrogens is 414 g/mol. The van der Waals surface area contributed by atoms with Gasteiger partial charge in [-0.2, -0.15) is 0 Å². The summed E-state index contributed by atoms with van der Waals surface area (Å²) in [7, 11) is 0. The minimum absolute atomic E-state index is 0.270. The Labute approximate surface area is 150 Å². The van der Waals surface area contributed by atoms with E-state index in [1.807, 2.05) is 0 Å². The minimum atomic E-state index is -2.02. The molecule has 0 fully saturated rings. The highest BCUT2D eigenvalue weighted by Gasteiger charge is 2.42. The van der Waals surface area contributed by atoms with Crippen molar-refractivity contribution in [3.8, 4) is 0 Å². The zero-order chi connectivity index (χ0) is 21.9. The zero-order valence-electron chi connectivity index (χ0n) is 13.0. The summed E-state index contributed by atoms with van der Waals surface area (Å²) in [6, 6.07) is 0.270. The minimum Gasteiger partial charge on any atom is -0.258 e. The molecule has 21 heteroatoms. The van der Waals surface area contributed by atoms with Crippen LogP contribution in [0.15, 0.2) is 15.7 Å². The Morgan fingerprint density at radius 2 is 0.897 bits per heavy atom. The lowest BCUT2D eigenvalue weighted by molar-refractivity contribution is -0.562. The standard InChI is InChI=1S/C8HN9O12/c18-7-9(14(22)23)2-1-3-5(6(13(20)21)4(2)11(7)16(26)27)12(17(28)29)8(19)10(3)15(24)25/h1H. The number of nitro groups is 5. The van der Waals surface area contributed by atoms with E-state index in [4.69, 9.17) is 0 Å². The lowest BCUT2D eigenvalue weighted by atomic mass is 10.2. The molecule has 0 aliphatic heterocycles. The van der Waals surface area contributed by atoms with Gasteiger partial charge in [0.05, 0.1) is 4.92 Å². The first-order valence-corrected chi connectivity index (χ1v) is 6.62. The molecule has 0 saturated carbocycles. The number of fused-ring (bicyclic) bond motifs is 2. The van der Waals surface area contributed by atoms with Gasteiger partial charge in [0.15, 0.2) is 31.2 Å². The van der Waals surface area contributed by atoms with Gasteiger partial charge in [-0.1, -0.05) is 0 Å². The van der Waals surface area contributed by atoms with Crippen molar-refractivity contribution in [1.82, 2.24) is 18.7 Å². The number of hydrogen-bond donors (Lipinski definition) is 0. The maximum Gasteiger partial charge on any atom is 0.446 e. The second-order valence-electron chi connectivity index (χ2n) is 4.98. The van der Waals surface area contributed by atoms with Crippen molar-refractivity contribution >= 4 is 27.8 Å². The molecule has 1 aromatic carbocycles. The number of nitrogens with zero attached hydrogens (tertiary/aromatic N) is 9. The van der Waals surface area contributed by atoms with Gasteiger partial charge in [0, 0.05) is 24.8 Å². The first-order chi connectivity index (χ1) is 13.4. The SMILES string of the molecule is O=c1n([N+](=O)[O-])c2cc3c(c([N+](=O)[O-])c2n1[N+](=O)[O-])n([N+](=O)[O-])c(=O)n3[N+](=O)[O-]. The molecule has 0 bridgehead atoms. The lowest BCUT2D eigenvalue weighted by Gasteiger charge is -1.98. The summed E-state index contributed by atoms with van der Waals surface area (Å²) >= 11 is 0. The Kier molecular flexibility index (Phi) is 3.60. The Morgan fingerprint density at radius 3 is 1.14 bits per heavy atom. The summed E-state index contributed by atoms with van der Waals surface area (Å²) in [4.78, 5) is 78.7. The topological polar surface area (TPSA) is 270 Å². The summed E-state index contributed by atoms with van der Waals surface area (Å²) < 4.78 is -2.37. The number of imidazole rings is 2. The van der Waals surface area contributed by atoms with Crippen molar-refractivity contribution in [3.05, 3.63) is 77.6 Å². The van der Waals surface area contributed by atoms with Crippen LogP contribution in [0, 0.1) is 50.6 Å². The van der Waals surface area contributed by atoms with Gasteiger partial charge in [0.1, 0.15) is 0 Å². The third-order valence-electron chi connectivity index (χ3n) is 3.65. The van der Waals surface area contributed by atoms with Crippen LogP contribution in [0.3, 0.4) is 0 Å². The van der Waals surface area contributed by atoms with E-state index in [0.717, 1.165) is 0 Å². The molecule has 0 spiro atoms. The van der Waals surface area contributed by atoms with Crippen LogP contribution in [-0.2, 0) is 0 Å². The van der Waals surface area contributed by atoms with Crippen molar-refractivity contribution in [3.63, 3.8) is 0 Å². The Morgan fingerprint density at radius 1 is 0.586 bits per heavy atom. The van der Waals surface area contributed by atoms with Gasteiger partial charge in [-0.05, 0) is 0 Å². The quantitative estimate of drug-likeness (QED) is 0.323. The largest absolute Gasteiger partial charge is 0.446 e. The molecule has 0 aliphatic carbocycles. The average molecular weight is 415 g/mol. The van der Waals surface area contributed by atoms with Crippen LogP contribution in [-0.4, -0.2) is 43.8 Å². The van der Waals surface area contributed by atoms with Crippen molar-refractivity contribution in [2.75, 3.05) is 0 Å². The molecule has 0 N–H and O–H groups in total. The number of rotatable bonds is 5. The molecule has 0 unspecified atom stereocenters. The third kappa shape index (κ3) is 2.20. The smallest absolute Gasteiger partial charge is 0.258 e. The fraction of sp³-hybridized carbons (Fsp3) is 0. The second kappa shape index (κ2) is 5.63. The highest BCUT2D eigenvalue weighted by atomic mass is 16.7. The summed E-state index contributed by atoms with van der Waals surface area (Å²) in [6.45, 7) is 0. The van der Waals surface area contributed by atoms with E-state index in [0.29, 0.717) is 0 Å². The summed E-state index contributed by atoms with van der Waals surface area (Å²) in [5, 5.41) is 50.0. The van der Waals surface area contributed by atoms with Gasteiger partial charge in [0.25, 0.3) is 0 Å². The van der Waals surface area contributed by atoms with Gasteiger partial charge in [-0.25, -0.2) is 50.0 Å². The highest BCUT2D eigenvalue weighted by Crippen LogP contribution is 2.34. The molecule has 0 aliphatic rings. The second-order valence-corrected chi connectivity index (χ2v) is 4.98. The highest BCUT2D eigenvalue weighted by molar-refractivity contribution is 6.02. The third-order valence-corrected chi connectivity index (χ3v) is 3.65. The van der Waals surface area contributed by atoms with Crippen molar-refractivity contribution < 1.29 is 25.1 Å². The van der Waals surface area contributed by atoms with E-state index in [1.165, 1.54) is 0 Å². The van der Waals surface area contributed by atoms with E-state index in [-0.39, 0.29) is 6.07 Å². The molecule has 0 amide bonds. The van der Waals surface area contributed by atoms with Crippen LogP contribution in [0.1, 0.15) is 0 Å². The van der Waals surface area contributed by atoms with E-state index in [2.05, 4.69) is 0 Å². The number of non-ortho nitro benzene ring substituents is 1. The predicted octanol–water partition coefficient (Wildman–Crippen LogP) is -2.01. The van der Waals surface area contributed by atoms with Gasteiger partial charge in [0.2, 0.25) is 11.0 Å². The van der Waals surface area contributed by atoms with Crippen molar-refractivity contribution in [2.24, 2.45) is 0 Å². The van der Waals surface area contributed by atoms with Gasteiger partial charge < -0.3 is 0 Å². The van der Waals surface area contributed by atoms with E-state index in [1.54, 1.807) is 0 Å². The van der Waals surface area contributed by atoms with E-state index >= 15 is 0 Å². The summed E-state index contributed by atoms with van der Waals surface area (Å²) in [6.07, 6.45) is 0. The molecule has 21 nitrogen and oxygen atoms in total. The molecule has 29 heavy (non-hydrogen) atoms. The Bertz CT molecular complexity index is 1330. The maximum atomic E-state index is 12.0. The van der Waals surface area contributed by atoms with Crippen LogP contribution < -0.4 is 11.4 Å². The normalized spacial score (nSPS) is 11.0. The number of hydrogen-bond acceptors (Lipinski definition) is 12. The maximum absolute atomic E-state index is 12.0. The zero-order valence-corrected chi connectivity index (χ0v) is 13.0. The van der Waals surface area contributed by atoms with Crippen LogP contribution in [0.4, 0.5) is 5.69 Å². The molecule has 0 atom stereocenters. The molecule has 3 aromatic rings. The number of benzene rings is 1.